The second kappa shape index (κ2) is 6.54. The summed E-state index contributed by atoms with van der Waals surface area (Å²) in [6.07, 6.45) is 1.68. The Morgan fingerprint density at radius 2 is 1.81 bits per heavy atom. The molecule has 3 aromatic rings. The molecule has 0 aliphatic carbocycles. The molecule has 0 amide bonds. The number of halogens is 2. The molecule has 1 N–H and O–H groups in total. The van der Waals surface area contributed by atoms with Crippen LogP contribution in [0.4, 0.5) is 5.69 Å². The van der Waals surface area contributed by atoms with E-state index >= 15 is 0 Å². The van der Waals surface area contributed by atoms with Crippen molar-refractivity contribution < 1.29 is 4.42 Å². The van der Waals surface area contributed by atoms with E-state index < -0.39 is 0 Å². The fourth-order valence-corrected chi connectivity index (χ4v) is 3.09. The van der Waals surface area contributed by atoms with Crippen molar-refractivity contribution >= 4 is 39.9 Å². The first-order valence-corrected chi connectivity index (χ1v) is 7.99. The Hall–Kier alpha value is -1.46. The molecule has 2 aromatic carbocycles. The van der Waals surface area contributed by atoms with Gasteiger partial charge in [-0.3, -0.25) is 0 Å². The summed E-state index contributed by atoms with van der Waals surface area (Å²) in [5, 5.41) is 4.17. The molecular weight excluding hydrogens is 397 g/mol. The molecule has 1 atom stereocenters. The molecule has 0 saturated carbocycles. The molecule has 0 spiro atoms. The van der Waals surface area contributed by atoms with Gasteiger partial charge in [0.1, 0.15) is 11.8 Å². The van der Waals surface area contributed by atoms with Crippen molar-refractivity contribution in [3.8, 4) is 0 Å². The molecule has 1 unspecified atom stereocenters. The van der Waals surface area contributed by atoms with Crippen molar-refractivity contribution in [1.29, 1.82) is 0 Å². The highest BCUT2D eigenvalue weighted by Crippen LogP contribution is 2.31. The van der Waals surface area contributed by atoms with Crippen molar-refractivity contribution in [2.75, 3.05) is 5.32 Å². The molecule has 106 valence electrons. The summed E-state index contributed by atoms with van der Waals surface area (Å²) < 4.78 is 6.69. The highest BCUT2D eigenvalue weighted by atomic mass is 127. The first-order chi connectivity index (χ1) is 10.2. The molecule has 0 saturated heterocycles. The van der Waals surface area contributed by atoms with Crippen LogP contribution in [-0.4, -0.2) is 0 Å². The lowest BCUT2D eigenvalue weighted by atomic mass is 10.0. The van der Waals surface area contributed by atoms with Gasteiger partial charge in [0.25, 0.3) is 0 Å². The minimum Gasteiger partial charge on any atom is -0.467 e. The van der Waals surface area contributed by atoms with Gasteiger partial charge in [-0.2, -0.15) is 0 Å². The van der Waals surface area contributed by atoms with Crippen LogP contribution in [0.2, 0.25) is 5.02 Å². The molecule has 1 heterocycles. The van der Waals surface area contributed by atoms with Crippen LogP contribution in [0.5, 0.6) is 0 Å². The summed E-state index contributed by atoms with van der Waals surface area (Å²) in [7, 11) is 0. The Kier molecular flexibility index (Phi) is 4.51. The molecule has 2 nitrogen and oxygen atoms in total. The number of rotatable bonds is 4. The quantitative estimate of drug-likeness (QED) is 0.556. The lowest BCUT2D eigenvalue weighted by molar-refractivity contribution is 0.499. The average molecular weight is 410 g/mol. The molecule has 3 rings (SSSR count). The van der Waals surface area contributed by atoms with Crippen molar-refractivity contribution in [1.82, 2.24) is 0 Å². The zero-order chi connectivity index (χ0) is 14.7. The SMILES string of the molecule is Clc1cc(I)ccc1NC(c1ccccc1)c1ccco1. The summed E-state index contributed by atoms with van der Waals surface area (Å²) in [4.78, 5) is 0. The number of nitrogens with one attached hydrogen (secondary N) is 1. The third-order valence-corrected chi connectivity index (χ3v) is 4.18. The summed E-state index contributed by atoms with van der Waals surface area (Å²) in [5.41, 5.74) is 2.02. The molecule has 0 fully saturated rings. The van der Waals surface area contributed by atoms with Crippen molar-refractivity contribution in [3.63, 3.8) is 0 Å². The van der Waals surface area contributed by atoms with E-state index in [9.17, 15) is 0 Å². The van der Waals surface area contributed by atoms with Crippen LogP contribution in [-0.2, 0) is 0 Å². The largest absolute Gasteiger partial charge is 0.467 e. The predicted octanol–water partition coefficient (Wildman–Crippen LogP) is 5.74. The first-order valence-electron chi connectivity index (χ1n) is 6.54. The highest BCUT2D eigenvalue weighted by Gasteiger charge is 2.17. The fourth-order valence-electron chi connectivity index (χ4n) is 2.18. The van der Waals surface area contributed by atoms with Crippen LogP contribution < -0.4 is 5.32 Å². The maximum atomic E-state index is 6.32. The van der Waals surface area contributed by atoms with Gasteiger partial charge in [0.2, 0.25) is 0 Å². The van der Waals surface area contributed by atoms with Gasteiger partial charge in [-0.25, -0.2) is 0 Å². The van der Waals surface area contributed by atoms with E-state index in [1.54, 1.807) is 6.26 Å². The number of furan rings is 1. The van der Waals surface area contributed by atoms with E-state index in [4.69, 9.17) is 16.0 Å². The molecular formula is C17H13ClINO. The lowest BCUT2D eigenvalue weighted by Gasteiger charge is -2.19. The summed E-state index contributed by atoms with van der Waals surface area (Å²) in [6.45, 7) is 0. The second-order valence-corrected chi connectivity index (χ2v) is 6.28. The maximum absolute atomic E-state index is 6.32. The predicted molar refractivity (Wildman–Crippen MR) is 94.8 cm³/mol. The standard InChI is InChI=1S/C17H13ClINO/c18-14-11-13(19)8-9-15(14)20-17(16-7-4-10-21-16)12-5-2-1-3-6-12/h1-11,17,20H. The molecule has 4 heteroatoms. The smallest absolute Gasteiger partial charge is 0.130 e. The van der Waals surface area contributed by atoms with Crippen LogP contribution in [0.1, 0.15) is 17.4 Å². The summed E-state index contributed by atoms with van der Waals surface area (Å²) >= 11 is 8.57. The van der Waals surface area contributed by atoms with Crippen LogP contribution in [0.3, 0.4) is 0 Å². The number of benzene rings is 2. The van der Waals surface area contributed by atoms with E-state index in [2.05, 4.69) is 40.0 Å². The van der Waals surface area contributed by atoms with Crippen molar-refractivity contribution in [2.45, 2.75) is 6.04 Å². The Morgan fingerprint density at radius 3 is 2.48 bits per heavy atom. The number of hydrogen-bond acceptors (Lipinski definition) is 2. The summed E-state index contributed by atoms with van der Waals surface area (Å²) in [6, 6.07) is 19.9. The number of anilines is 1. The molecule has 21 heavy (non-hydrogen) atoms. The normalized spacial score (nSPS) is 12.1. The highest BCUT2D eigenvalue weighted by molar-refractivity contribution is 14.1. The van der Waals surface area contributed by atoms with Crippen LogP contribution >= 0.6 is 34.2 Å². The second-order valence-electron chi connectivity index (χ2n) is 4.63. The Bertz CT molecular complexity index is 713. The van der Waals surface area contributed by atoms with Crippen LogP contribution in [0.25, 0.3) is 0 Å². The van der Waals surface area contributed by atoms with Gasteiger partial charge in [-0.05, 0) is 58.5 Å². The Balaban J connectivity index is 1.97. The zero-order valence-electron chi connectivity index (χ0n) is 11.1. The average Bonchev–Trinajstić information content (AvgIpc) is 3.01. The molecule has 0 aliphatic rings. The first kappa shape index (κ1) is 14.5. The molecule has 0 bridgehead atoms. The van der Waals surface area contributed by atoms with E-state index in [1.807, 2.05) is 48.5 Å². The fraction of sp³-hybridized carbons (Fsp3) is 0.0588. The summed E-state index contributed by atoms with van der Waals surface area (Å²) in [5.74, 6) is 0.857. The topological polar surface area (TPSA) is 25.2 Å². The van der Waals surface area contributed by atoms with E-state index in [1.165, 1.54) is 0 Å². The third kappa shape index (κ3) is 3.41. The zero-order valence-corrected chi connectivity index (χ0v) is 14.0. The van der Waals surface area contributed by atoms with Gasteiger partial charge in [-0.15, -0.1) is 0 Å². The molecule has 1 aromatic heterocycles. The van der Waals surface area contributed by atoms with Gasteiger partial charge >= 0.3 is 0 Å². The molecule has 0 aliphatic heterocycles. The van der Waals surface area contributed by atoms with Gasteiger partial charge in [0, 0.05) is 3.57 Å². The van der Waals surface area contributed by atoms with Gasteiger partial charge in [-0.1, -0.05) is 41.9 Å². The monoisotopic (exact) mass is 409 g/mol. The van der Waals surface area contributed by atoms with Crippen LogP contribution in [0.15, 0.2) is 71.3 Å². The lowest BCUT2D eigenvalue weighted by Crippen LogP contribution is -2.11. The molecule has 0 radical (unpaired) electrons. The van der Waals surface area contributed by atoms with E-state index in [0.29, 0.717) is 5.02 Å². The minimum atomic E-state index is -0.0706. The van der Waals surface area contributed by atoms with E-state index in [-0.39, 0.29) is 6.04 Å². The minimum absolute atomic E-state index is 0.0706. The van der Waals surface area contributed by atoms with Gasteiger partial charge in [0.15, 0.2) is 0 Å². The number of hydrogen-bond donors (Lipinski definition) is 1. The van der Waals surface area contributed by atoms with Crippen LogP contribution in [0, 0.1) is 3.57 Å². The van der Waals surface area contributed by atoms with Gasteiger partial charge < -0.3 is 9.73 Å². The third-order valence-electron chi connectivity index (χ3n) is 3.19. The van der Waals surface area contributed by atoms with Crippen molar-refractivity contribution in [3.05, 3.63) is 86.8 Å². The van der Waals surface area contributed by atoms with Gasteiger partial charge in [0.05, 0.1) is 17.0 Å². The van der Waals surface area contributed by atoms with E-state index in [0.717, 1.165) is 20.6 Å². The maximum Gasteiger partial charge on any atom is 0.130 e. The Labute approximate surface area is 142 Å². The van der Waals surface area contributed by atoms with Crippen molar-refractivity contribution in [2.24, 2.45) is 0 Å². The Morgan fingerprint density at radius 1 is 1.00 bits per heavy atom.